The second kappa shape index (κ2) is 3.32. The van der Waals surface area contributed by atoms with Gasteiger partial charge in [-0.3, -0.25) is 0 Å². The summed E-state index contributed by atoms with van der Waals surface area (Å²) >= 11 is 0. The van der Waals surface area contributed by atoms with Crippen LogP contribution in [0.5, 0.6) is 0 Å². The SMILES string of the molecule is CN1C[C@H](C(F)(F)F)Nc2ccccc21. The van der Waals surface area contributed by atoms with Gasteiger partial charge in [-0.25, -0.2) is 0 Å². The van der Waals surface area contributed by atoms with Crippen LogP contribution < -0.4 is 10.2 Å². The zero-order valence-corrected chi connectivity index (χ0v) is 8.17. The molecule has 1 heterocycles. The molecule has 82 valence electrons. The number of alkyl halides is 3. The summed E-state index contributed by atoms with van der Waals surface area (Å²) in [5, 5.41) is 2.50. The number of likely N-dealkylation sites (N-methyl/N-ethyl adjacent to an activating group) is 1. The van der Waals surface area contributed by atoms with Crippen molar-refractivity contribution in [3.63, 3.8) is 0 Å². The summed E-state index contributed by atoms with van der Waals surface area (Å²) in [5.74, 6) is 0. The van der Waals surface area contributed by atoms with Crippen LogP contribution in [0.3, 0.4) is 0 Å². The van der Waals surface area contributed by atoms with Crippen molar-refractivity contribution in [3.8, 4) is 0 Å². The summed E-state index contributed by atoms with van der Waals surface area (Å²) in [6.45, 7) is -0.0550. The molecule has 0 aliphatic carbocycles. The molecule has 5 heteroatoms. The standard InChI is InChI=1S/C10H11F3N2/c1-15-6-9(10(11,12)13)14-7-4-2-3-5-8(7)15/h2-5,9,14H,6H2,1H3/t9-/m1/s1. The number of hydrogen-bond donors (Lipinski definition) is 1. The molecule has 0 saturated carbocycles. The highest BCUT2D eigenvalue weighted by molar-refractivity contribution is 5.72. The van der Waals surface area contributed by atoms with Gasteiger partial charge in [0.1, 0.15) is 6.04 Å². The van der Waals surface area contributed by atoms with Crippen molar-refractivity contribution in [1.82, 2.24) is 0 Å². The number of para-hydroxylation sites is 2. The molecule has 0 amide bonds. The molecule has 0 saturated heterocycles. The fraction of sp³-hybridized carbons (Fsp3) is 0.400. The predicted molar refractivity (Wildman–Crippen MR) is 53.2 cm³/mol. The quantitative estimate of drug-likeness (QED) is 0.716. The van der Waals surface area contributed by atoms with E-state index in [1.807, 2.05) is 6.07 Å². The molecule has 1 atom stereocenters. The average Bonchev–Trinajstić information content (AvgIpc) is 2.16. The third-order valence-electron chi connectivity index (χ3n) is 2.50. The van der Waals surface area contributed by atoms with Gasteiger partial charge in [-0.1, -0.05) is 12.1 Å². The van der Waals surface area contributed by atoms with Crippen LogP contribution in [0, 0.1) is 0 Å². The van der Waals surface area contributed by atoms with Crippen molar-refractivity contribution in [2.75, 3.05) is 23.8 Å². The molecule has 1 N–H and O–H groups in total. The monoisotopic (exact) mass is 216 g/mol. The van der Waals surface area contributed by atoms with Gasteiger partial charge >= 0.3 is 6.18 Å². The highest BCUT2D eigenvalue weighted by Gasteiger charge is 2.42. The van der Waals surface area contributed by atoms with Crippen molar-refractivity contribution >= 4 is 11.4 Å². The molecule has 1 aromatic carbocycles. The van der Waals surface area contributed by atoms with Crippen molar-refractivity contribution < 1.29 is 13.2 Å². The molecule has 0 spiro atoms. The number of fused-ring (bicyclic) bond motifs is 1. The number of halogens is 3. The van der Waals surface area contributed by atoms with Gasteiger partial charge < -0.3 is 10.2 Å². The Kier molecular flexibility index (Phi) is 2.25. The van der Waals surface area contributed by atoms with Crippen LogP contribution in [0.1, 0.15) is 0 Å². The minimum Gasteiger partial charge on any atom is -0.371 e. The molecule has 0 aromatic heterocycles. The van der Waals surface area contributed by atoms with E-state index in [2.05, 4.69) is 5.32 Å². The fourth-order valence-corrected chi connectivity index (χ4v) is 1.72. The van der Waals surface area contributed by atoms with Gasteiger partial charge in [-0.05, 0) is 12.1 Å². The van der Waals surface area contributed by atoms with E-state index < -0.39 is 12.2 Å². The Bertz CT molecular complexity index is 362. The lowest BCUT2D eigenvalue weighted by molar-refractivity contribution is -0.140. The Morgan fingerprint density at radius 1 is 1.33 bits per heavy atom. The van der Waals surface area contributed by atoms with Crippen LogP contribution in [-0.2, 0) is 0 Å². The molecule has 1 aromatic rings. The number of nitrogens with zero attached hydrogens (tertiary/aromatic N) is 1. The average molecular weight is 216 g/mol. The second-order valence-electron chi connectivity index (χ2n) is 3.64. The Morgan fingerprint density at radius 2 is 2.00 bits per heavy atom. The zero-order valence-electron chi connectivity index (χ0n) is 8.17. The number of rotatable bonds is 0. The predicted octanol–water partition coefficient (Wildman–Crippen LogP) is 2.48. The van der Waals surface area contributed by atoms with Crippen LogP contribution in [0.25, 0.3) is 0 Å². The van der Waals surface area contributed by atoms with Gasteiger partial charge in [0.25, 0.3) is 0 Å². The van der Waals surface area contributed by atoms with E-state index in [-0.39, 0.29) is 6.54 Å². The third-order valence-corrected chi connectivity index (χ3v) is 2.50. The Balaban J connectivity index is 2.30. The Hall–Kier alpha value is -1.39. The summed E-state index contributed by atoms with van der Waals surface area (Å²) < 4.78 is 37.6. The molecule has 1 aliphatic rings. The first-order valence-corrected chi connectivity index (χ1v) is 4.62. The molecular formula is C10H11F3N2. The van der Waals surface area contributed by atoms with Gasteiger partial charge in [-0.2, -0.15) is 13.2 Å². The van der Waals surface area contributed by atoms with Gasteiger partial charge in [0.05, 0.1) is 11.4 Å². The van der Waals surface area contributed by atoms with Gasteiger partial charge in [0.2, 0.25) is 0 Å². The summed E-state index contributed by atoms with van der Waals surface area (Å²) in [6.07, 6.45) is -4.21. The van der Waals surface area contributed by atoms with Crippen molar-refractivity contribution in [3.05, 3.63) is 24.3 Å². The first-order chi connectivity index (χ1) is 6.98. The van der Waals surface area contributed by atoms with E-state index in [0.717, 1.165) is 5.69 Å². The van der Waals surface area contributed by atoms with Crippen LogP contribution in [0.15, 0.2) is 24.3 Å². The molecular weight excluding hydrogens is 205 g/mol. The van der Waals surface area contributed by atoms with Crippen molar-refractivity contribution in [1.29, 1.82) is 0 Å². The van der Waals surface area contributed by atoms with E-state index in [0.29, 0.717) is 5.69 Å². The number of benzene rings is 1. The van der Waals surface area contributed by atoms with E-state index in [1.165, 1.54) is 0 Å². The number of anilines is 2. The van der Waals surface area contributed by atoms with Crippen molar-refractivity contribution in [2.24, 2.45) is 0 Å². The van der Waals surface area contributed by atoms with Crippen molar-refractivity contribution in [2.45, 2.75) is 12.2 Å². The first-order valence-electron chi connectivity index (χ1n) is 4.62. The maximum Gasteiger partial charge on any atom is 0.410 e. The number of hydrogen-bond acceptors (Lipinski definition) is 2. The normalized spacial score (nSPS) is 20.8. The zero-order chi connectivity index (χ0) is 11.1. The molecule has 0 fully saturated rings. The highest BCUT2D eigenvalue weighted by Crippen LogP contribution is 2.34. The fourth-order valence-electron chi connectivity index (χ4n) is 1.72. The summed E-state index contributed by atoms with van der Waals surface area (Å²) in [5.41, 5.74) is 1.34. The molecule has 2 nitrogen and oxygen atoms in total. The molecule has 0 radical (unpaired) electrons. The van der Waals surface area contributed by atoms with Crippen LogP contribution >= 0.6 is 0 Å². The van der Waals surface area contributed by atoms with Crippen LogP contribution in [0.4, 0.5) is 24.5 Å². The van der Waals surface area contributed by atoms with E-state index in [1.54, 1.807) is 30.1 Å². The molecule has 2 rings (SSSR count). The smallest absolute Gasteiger partial charge is 0.371 e. The molecule has 0 unspecified atom stereocenters. The van der Waals surface area contributed by atoms with Crippen LogP contribution in [-0.4, -0.2) is 25.8 Å². The summed E-state index contributed by atoms with van der Waals surface area (Å²) in [4.78, 5) is 1.62. The third kappa shape index (κ3) is 1.86. The molecule has 15 heavy (non-hydrogen) atoms. The van der Waals surface area contributed by atoms with E-state index in [4.69, 9.17) is 0 Å². The van der Waals surface area contributed by atoms with Gasteiger partial charge in [0, 0.05) is 13.6 Å². The Morgan fingerprint density at radius 3 is 2.67 bits per heavy atom. The largest absolute Gasteiger partial charge is 0.410 e. The molecule has 0 bridgehead atoms. The minimum atomic E-state index is -4.21. The van der Waals surface area contributed by atoms with Gasteiger partial charge in [-0.15, -0.1) is 0 Å². The van der Waals surface area contributed by atoms with E-state index in [9.17, 15) is 13.2 Å². The minimum absolute atomic E-state index is 0.0550. The van der Waals surface area contributed by atoms with Gasteiger partial charge in [0.15, 0.2) is 0 Å². The number of nitrogens with one attached hydrogen (secondary N) is 1. The highest BCUT2D eigenvalue weighted by atomic mass is 19.4. The lowest BCUT2D eigenvalue weighted by atomic mass is 10.1. The lowest BCUT2D eigenvalue weighted by Crippen LogP contribution is -2.48. The van der Waals surface area contributed by atoms with E-state index >= 15 is 0 Å². The Labute approximate surface area is 85.7 Å². The first kappa shape index (κ1) is 10.1. The van der Waals surface area contributed by atoms with Crippen LogP contribution in [0.2, 0.25) is 0 Å². The topological polar surface area (TPSA) is 15.3 Å². The summed E-state index contributed by atoms with van der Waals surface area (Å²) in [7, 11) is 1.67. The maximum absolute atomic E-state index is 12.5. The maximum atomic E-state index is 12.5. The summed E-state index contributed by atoms with van der Waals surface area (Å²) in [6, 6.07) is 5.50. The lowest BCUT2D eigenvalue weighted by Gasteiger charge is -2.35. The second-order valence-corrected chi connectivity index (χ2v) is 3.64. The molecule has 1 aliphatic heterocycles.